The molecule has 180 valence electrons. The van der Waals surface area contributed by atoms with Gasteiger partial charge in [-0.2, -0.15) is 0 Å². The monoisotopic (exact) mass is 498 g/mol. The minimum atomic E-state index is -0.250. The molecule has 5 aromatic rings. The van der Waals surface area contributed by atoms with Gasteiger partial charge in [0.25, 0.3) is 11.8 Å². The Hall–Kier alpha value is -4.50. The van der Waals surface area contributed by atoms with Crippen LogP contribution in [0, 0.1) is 13.8 Å². The highest BCUT2D eigenvalue weighted by atomic mass is 32.1. The first kappa shape index (κ1) is 23.3. The quantitative estimate of drug-likeness (QED) is 0.294. The van der Waals surface area contributed by atoms with Crippen LogP contribution in [0.3, 0.4) is 0 Å². The molecule has 2 N–H and O–H groups in total. The molecule has 8 nitrogen and oxygen atoms in total. The number of nitrogens with zero attached hydrogens (tertiary/aromatic N) is 2. The van der Waals surface area contributed by atoms with E-state index in [1.54, 1.807) is 74.0 Å². The minimum Gasteiger partial charge on any atom is -0.497 e. The van der Waals surface area contributed by atoms with E-state index in [1.807, 2.05) is 13.8 Å². The first-order valence-corrected chi connectivity index (χ1v) is 11.9. The van der Waals surface area contributed by atoms with Crippen molar-refractivity contribution in [2.45, 2.75) is 13.8 Å². The minimum absolute atomic E-state index is 0.245. The predicted molar refractivity (Wildman–Crippen MR) is 140 cm³/mol. The van der Waals surface area contributed by atoms with E-state index in [-0.39, 0.29) is 11.8 Å². The average Bonchev–Trinajstić information content (AvgIpc) is 3.53. The van der Waals surface area contributed by atoms with Crippen LogP contribution in [0.25, 0.3) is 21.8 Å². The number of anilines is 2. The van der Waals surface area contributed by atoms with Gasteiger partial charge in [-0.1, -0.05) is 0 Å². The van der Waals surface area contributed by atoms with E-state index < -0.39 is 0 Å². The van der Waals surface area contributed by atoms with E-state index in [2.05, 4.69) is 20.6 Å². The third-order valence-corrected chi connectivity index (χ3v) is 6.86. The molecular formula is C27H22N4O4S. The zero-order valence-corrected chi connectivity index (χ0v) is 20.6. The summed E-state index contributed by atoms with van der Waals surface area (Å²) in [5, 5.41) is 6.61. The summed E-state index contributed by atoms with van der Waals surface area (Å²) in [5.74, 6) is 1.28. The fourth-order valence-electron chi connectivity index (χ4n) is 3.84. The number of rotatable bonds is 6. The van der Waals surface area contributed by atoms with E-state index in [0.717, 1.165) is 21.5 Å². The number of hydrogen-bond donors (Lipinski definition) is 2. The fourth-order valence-corrected chi connectivity index (χ4v) is 4.97. The second-order valence-corrected chi connectivity index (χ2v) is 9.06. The Kier molecular flexibility index (Phi) is 6.22. The van der Waals surface area contributed by atoms with Crippen LogP contribution in [0.5, 0.6) is 5.75 Å². The number of nitrogens with one attached hydrogen (secondary N) is 2. The molecule has 36 heavy (non-hydrogen) atoms. The summed E-state index contributed by atoms with van der Waals surface area (Å²) >= 11 is 1.31. The molecule has 3 heterocycles. The largest absolute Gasteiger partial charge is 0.497 e. The van der Waals surface area contributed by atoms with Crippen molar-refractivity contribution in [3.8, 4) is 17.3 Å². The number of fused-ring (bicyclic) bond motifs is 1. The maximum atomic E-state index is 13.1. The van der Waals surface area contributed by atoms with Gasteiger partial charge in [0.05, 0.1) is 23.9 Å². The molecular weight excluding hydrogens is 476 g/mol. The van der Waals surface area contributed by atoms with Gasteiger partial charge in [0.2, 0.25) is 0 Å². The van der Waals surface area contributed by atoms with E-state index in [4.69, 9.17) is 9.15 Å². The second-order valence-electron chi connectivity index (χ2n) is 8.06. The number of carbonyl (C=O) groups is 2. The highest BCUT2D eigenvalue weighted by Gasteiger charge is 2.20. The molecule has 0 bridgehead atoms. The summed E-state index contributed by atoms with van der Waals surface area (Å²) in [7, 11) is 1.59. The molecule has 5 rings (SSSR count). The van der Waals surface area contributed by atoms with Crippen molar-refractivity contribution < 1.29 is 18.7 Å². The number of ether oxygens (including phenoxy) is 1. The van der Waals surface area contributed by atoms with Crippen LogP contribution in [-0.2, 0) is 0 Å². The average molecular weight is 499 g/mol. The van der Waals surface area contributed by atoms with Gasteiger partial charge >= 0.3 is 0 Å². The SMILES string of the molecule is COc1ccc(NC(=O)c2ccc(NC(=O)c3sc4nc(-c5ccco5)nc(C)c4c3C)cc2)cc1. The van der Waals surface area contributed by atoms with Crippen molar-refractivity contribution in [2.75, 3.05) is 17.7 Å². The van der Waals surface area contributed by atoms with Crippen molar-refractivity contribution in [3.63, 3.8) is 0 Å². The molecule has 0 saturated carbocycles. The third-order valence-electron chi connectivity index (χ3n) is 5.67. The summed E-state index contributed by atoms with van der Waals surface area (Å²) in [4.78, 5) is 36.1. The van der Waals surface area contributed by atoms with Gasteiger partial charge in [0.15, 0.2) is 11.6 Å². The van der Waals surface area contributed by atoms with E-state index in [9.17, 15) is 9.59 Å². The van der Waals surface area contributed by atoms with Gasteiger partial charge in [-0.15, -0.1) is 11.3 Å². The summed E-state index contributed by atoms with van der Waals surface area (Å²) in [5.41, 5.74) is 3.32. The summed E-state index contributed by atoms with van der Waals surface area (Å²) < 4.78 is 10.6. The topological polar surface area (TPSA) is 106 Å². The highest BCUT2D eigenvalue weighted by Crippen LogP contribution is 2.33. The standard InChI is InChI=1S/C27H22N4O4S/c1-15-22-16(2)28-24(21-5-4-14-35-21)31-27(22)36-23(15)26(33)30-18-8-6-17(7-9-18)25(32)29-19-10-12-20(34-3)13-11-19/h4-14H,1-3H3,(H,29,32)(H,30,33). The summed E-state index contributed by atoms with van der Waals surface area (Å²) in [6.45, 7) is 3.79. The number of hydrogen-bond acceptors (Lipinski definition) is 7. The molecule has 0 saturated heterocycles. The van der Waals surface area contributed by atoms with Crippen LogP contribution in [0.4, 0.5) is 11.4 Å². The molecule has 0 fully saturated rings. The lowest BCUT2D eigenvalue weighted by atomic mass is 10.1. The molecule has 0 unspecified atom stereocenters. The van der Waals surface area contributed by atoms with Gasteiger partial charge in [0.1, 0.15) is 10.6 Å². The molecule has 2 aromatic carbocycles. The number of thiophene rings is 1. The number of carbonyl (C=O) groups excluding carboxylic acids is 2. The lowest BCUT2D eigenvalue weighted by molar-refractivity contribution is 0.102. The second kappa shape index (κ2) is 9.63. The Balaban J connectivity index is 1.31. The normalized spacial score (nSPS) is 10.9. The summed E-state index contributed by atoms with van der Waals surface area (Å²) in [6.07, 6.45) is 1.57. The third kappa shape index (κ3) is 4.56. The van der Waals surface area contributed by atoms with Crippen molar-refractivity contribution in [3.05, 3.63) is 88.6 Å². The molecule has 0 aliphatic heterocycles. The maximum Gasteiger partial charge on any atom is 0.266 e. The molecule has 9 heteroatoms. The van der Waals surface area contributed by atoms with E-state index >= 15 is 0 Å². The molecule has 3 aromatic heterocycles. The Morgan fingerprint density at radius 1 is 0.889 bits per heavy atom. The van der Waals surface area contributed by atoms with Crippen molar-refractivity contribution >= 4 is 44.7 Å². The Morgan fingerprint density at radius 2 is 1.56 bits per heavy atom. The molecule has 0 radical (unpaired) electrons. The van der Waals surface area contributed by atoms with Crippen LogP contribution in [0.2, 0.25) is 0 Å². The Morgan fingerprint density at radius 3 is 2.19 bits per heavy atom. The first-order chi connectivity index (χ1) is 17.4. The van der Waals surface area contributed by atoms with Crippen molar-refractivity contribution in [2.24, 2.45) is 0 Å². The van der Waals surface area contributed by atoms with Crippen LogP contribution in [0.1, 0.15) is 31.3 Å². The van der Waals surface area contributed by atoms with Crippen LogP contribution in [0.15, 0.2) is 71.3 Å². The van der Waals surface area contributed by atoms with Gasteiger partial charge in [-0.25, -0.2) is 9.97 Å². The zero-order valence-electron chi connectivity index (χ0n) is 19.8. The summed E-state index contributed by atoms with van der Waals surface area (Å²) in [6, 6.07) is 17.4. The number of methoxy groups -OCH3 is 1. The zero-order chi connectivity index (χ0) is 25.2. The number of aryl methyl sites for hydroxylation is 2. The number of benzene rings is 2. The van der Waals surface area contributed by atoms with Crippen molar-refractivity contribution in [1.29, 1.82) is 0 Å². The first-order valence-electron chi connectivity index (χ1n) is 11.1. The fraction of sp³-hybridized carbons (Fsp3) is 0.111. The molecule has 0 aliphatic carbocycles. The lowest BCUT2D eigenvalue weighted by Gasteiger charge is -2.08. The van der Waals surface area contributed by atoms with Crippen LogP contribution < -0.4 is 15.4 Å². The van der Waals surface area contributed by atoms with Crippen LogP contribution in [-0.4, -0.2) is 28.9 Å². The van der Waals surface area contributed by atoms with Crippen LogP contribution >= 0.6 is 11.3 Å². The smallest absolute Gasteiger partial charge is 0.266 e. The van der Waals surface area contributed by atoms with E-state index in [1.165, 1.54) is 11.3 Å². The lowest BCUT2D eigenvalue weighted by Crippen LogP contribution is -2.13. The van der Waals surface area contributed by atoms with E-state index in [0.29, 0.717) is 39.1 Å². The van der Waals surface area contributed by atoms with Gasteiger partial charge < -0.3 is 19.8 Å². The molecule has 0 spiro atoms. The maximum absolute atomic E-state index is 13.1. The molecule has 2 amide bonds. The van der Waals surface area contributed by atoms with Gasteiger partial charge in [-0.05, 0) is 80.1 Å². The predicted octanol–water partition coefficient (Wildman–Crippen LogP) is 6.08. The van der Waals surface area contributed by atoms with Gasteiger partial charge in [-0.3, -0.25) is 9.59 Å². The molecule has 0 atom stereocenters. The number of aromatic nitrogens is 2. The Labute approximate surface area is 211 Å². The highest BCUT2D eigenvalue weighted by molar-refractivity contribution is 7.20. The Bertz CT molecular complexity index is 1560. The number of furan rings is 1. The van der Waals surface area contributed by atoms with Crippen molar-refractivity contribution in [1.82, 2.24) is 9.97 Å². The number of amides is 2. The van der Waals surface area contributed by atoms with Gasteiger partial charge in [0, 0.05) is 22.3 Å². The molecule has 0 aliphatic rings.